The second kappa shape index (κ2) is 4.90. The summed E-state index contributed by atoms with van der Waals surface area (Å²) in [5.74, 6) is 0.0607. The predicted molar refractivity (Wildman–Crippen MR) is 61.9 cm³/mol. The molecule has 1 heterocycles. The lowest BCUT2D eigenvalue weighted by atomic mass is 10.2. The highest BCUT2D eigenvalue weighted by molar-refractivity contribution is 5.92. The fourth-order valence-electron chi connectivity index (χ4n) is 0.995. The molecule has 1 rings (SSSR count). The van der Waals surface area contributed by atoms with Crippen LogP contribution in [0.4, 0.5) is 10.6 Å². The molecule has 6 nitrogen and oxygen atoms in total. The zero-order chi connectivity index (χ0) is 13.1. The number of nitrogens with one attached hydrogen (secondary N) is 1. The summed E-state index contributed by atoms with van der Waals surface area (Å²) in [5.41, 5.74) is -0.323. The maximum absolute atomic E-state index is 11.4. The van der Waals surface area contributed by atoms with Crippen molar-refractivity contribution in [3.8, 4) is 0 Å². The third kappa shape index (κ3) is 4.58. The highest BCUT2D eigenvalue weighted by atomic mass is 16.6. The van der Waals surface area contributed by atoms with Gasteiger partial charge in [-0.1, -0.05) is 0 Å². The number of ether oxygens (including phenoxy) is 1. The summed E-state index contributed by atoms with van der Waals surface area (Å²) in [6.45, 7) is 6.68. The van der Waals surface area contributed by atoms with Crippen LogP contribution in [-0.4, -0.2) is 27.7 Å². The van der Waals surface area contributed by atoms with Gasteiger partial charge in [0, 0.05) is 6.92 Å². The fourth-order valence-corrected chi connectivity index (χ4v) is 0.995. The van der Waals surface area contributed by atoms with Gasteiger partial charge in [0.25, 0.3) is 0 Å². The van der Waals surface area contributed by atoms with Crippen molar-refractivity contribution >= 4 is 17.7 Å². The smallest absolute Gasteiger partial charge is 0.413 e. The minimum Gasteiger partial charge on any atom is -0.444 e. The first kappa shape index (κ1) is 13.1. The van der Waals surface area contributed by atoms with E-state index in [0.29, 0.717) is 0 Å². The number of anilines is 1. The van der Waals surface area contributed by atoms with Gasteiger partial charge in [-0.15, -0.1) is 10.2 Å². The Kier molecular flexibility index (Phi) is 3.77. The van der Waals surface area contributed by atoms with Gasteiger partial charge in [-0.2, -0.15) is 0 Å². The number of amides is 1. The Balaban J connectivity index is 2.64. The van der Waals surface area contributed by atoms with Gasteiger partial charge in [0.2, 0.25) is 0 Å². The molecule has 1 aromatic rings. The third-order valence-electron chi connectivity index (χ3n) is 1.65. The van der Waals surface area contributed by atoms with E-state index in [9.17, 15) is 9.59 Å². The first-order valence-electron chi connectivity index (χ1n) is 5.12. The number of nitrogens with zero attached hydrogens (tertiary/aromatic N) is 2. The average molecular weight is 237 g/mol. The standard InChI is InChI=1S/C11H15N3O3/c1-7(15)8-5-6-9(14-13-8)12-10(16)17-11(2,3)4/h5-6H,1-4H3,(H,12,14,16). The molecular weight excluding hydrogens is 222 g/mol. The van der Waals surface area contributed by atoms with Crippen LogP contribution in [0.3, 0.4) is 0 Å². The molecule has 0 aromatic carbocycles. The molecular formula is C11H15N3O3. The van der Waals surface area contributed by atoms with Gasteiger partial charge in [-0.3, -0.25) is 10.1 Å². The minimum absolute atomic E-state index is 0.179. The van der Waals surface area contributed by atoms with E-state index in [1.807, 2.05) is 0 Å². The second-order valence-corrected chi connectivity index (χ2v) is 4.49. The van der Waals surface area contributed by atoms with Gasteiger partial charge in [0.05, 0.1) is 0 Å². The monoisotopic (exact) mass is 237 g/mol. The third-order valence-corrected chi connectivity index (χ3v) is 1.65. The second-order valence-electron chi connectivity index (χ2n) is 4.49. The topological polar surface area (TPSA) is 81.2 Å². The molecule has 0 aliphatic heterocycles. The molecule has 0 aliphatic carbocycles. The van der Waals surface area contributed by atoms with Gasteiger partial charge >= 0.3 is 6.09 Å². The van der Waals surface area contributed by atoms with Crippen molar-refractivity contribution < 1.29 is 14.3 Å². The number of carbonyl (C=O) groups is 2. The summed E-state index contributed by atoms with van der Waals surface area (Å²) in [7, 11) is 0. The molecule has 1 aromatic heterocycles. The number of Topliss-reactive ketones (excluding diaryl/α,β-unsaturated/α-hetero) is 1. The van der Waals surface area contributed by atoms with Crippen molar-refractivity contribution in [2.45, 2.75) is 33.3 Å². The first-order valence-corrected chi connectivity index (χ1v) is 5.12. The quantitative estimate of drug-likeness (QED) is 0.796. The van der Waals surface area contributed by atoms with Crippen molar-refractivity contribution in [1.82, 2.24) is 10.2 Å². The van der Waals surface area contributed by atoms with E-state index in [0.717, 1.165) is 0 Å². The SMILES string of the molecule is CC(=O)c1ccc(NC(=O)OC(C)(C)C)nn1. The van der Waals surface area contributed by atoms with E-state index in [2.05, 4.69) is 15.5 Å². The van der Waals surface area contributed by atoms with Crippen LogP contribution in [0.1, 0.15) is 38.2 Å². The maximum atomic E-state index is 11.4. The van der Waals surface area contributed by atoms with Crippen molar-refractivity contribution in [3.05, 3.63) is 17.8 Å². The summed E-state index contributed by atoms with van der Waals surface area (Å²) in [4.78, 5) is 22.3. The Hall–Kier alpha value is -1.98. The molecule has 0 radical (unpaired) electrons. The molecule has 1 N–H and O–H groups in total. The Morgan fingerprint density at radius 3 is 2.29 bits per heavy atom. The van der Waals surface area contributed by atoms with Crippen molar-refractivity contribution in [2.24, 2.45) is 0 Å². The molecule has 0 unspecified atom stereocenters. The number of hydrogen-bond donors (Lipinski definition) is 1. The molecule has 0 aliphatic rings. The zero-order valence-corrected chi connectivity index (χ0v) is 10.3. The van der Waals surface area contributed by atoms with Crippen LogP contribution in [0.15, 0.2) is 12.1 Å². The number of ketones is 1. The molecule has 0 bridgehead atoms. The molecule has 0 spiro atoms. The molecule has 0 atom stereocenters. The molecule has 0 fully saturated rings. The van der Waals surface area contributed by atoms with Gasteiger partial charge in [-0.05, 0) is 32.9 Å². The van der Waals surface area contributed by atoms with Gasteiger partial charge in [0.1, 0.15) is 11.3 Å². The minimum atomic E-state index is -0.609. The number of carbonyl (C=O) groups excluding carboxylic acids is 2. The Morgan fingerprint density at radius 2 is 1.88 bits per heavy atom. The van der Waals surface area contributed by atoms with Gasteiger partial charge in [0.15, 0.2) is 11.6 Å². The molecule has 92 valence electrons. The van der Waals surface area contributed by atoms with Crippen LogP contribution in [0.25, 0.3) is 0 Å². The Labute approximate surface area is 99.4 Å². The largest absolute Gasteiger partial charge is 0.444 e. The predicted octanol–water partition coefficient (Wildman–Crippen LogP) is 2.03. The van der Waals surface area contributed by atoms with Gasteiger partial charge < -0.3 is 4.74 Å². The fraction of sp³-hybridized carbons (Fsp3) is 0.455. The van der Waals surface area contributed by atoms with Crippen LogP contribution in [0.5, 0.6) is 0 Å². The van der Waals surface area contributed by atoms with Crippen LogP contribution in [0.2, 0.25) is 0 Å². The number of hydrogen-bond acceptors (Lipinski definition) is 5. The molecule has 1 amide bonds. The summed E-state index contributed by atoms with van der Waals surface area (Å²) in [6, 6.07) is 2.98. The van der Waals surface area contributed by atoms with E-state index in [-0.39, 0.29) is 17.3 Å². The Bertz CT molecular complexity index is 421. The normalized spacial score (nSPS) is 10.8. The van der Waals surface area contributed by atoms with E-state index in [1.54, 1.807) is 20.8 Å². The lowest BCUT2D eigenvalue weighted by Gasteiger charge is -2.19. The van der Waals surface area contributed by atoms with Gasteiger partial charge in [-0.25, -0.2) is 4.79 Å². The van der Waals surface area contributed by atoms with Crippen molar-refractivity contribution in [3.63, 3.8) is 0 Å². The van der Waals surface area contributed by atoms with Crippen molar-refractivity contribution in [1.29, 1.82) is 0 Å². The van der Waals surface area contributed by atoms with E-state index in [4.69, 9.17) is 4.74 Å². The maximum Gasteiger partial charge on any atom is 0.413 e. The summed E-state index contributed by atoms with van der Waals surface area (Å²) in [6.07, 6.45) is -0.609. The van der Waals surface area contributed by atoms with Crippen molar-refractivity contribution in [2.75, 3.05) is 5.32 Å². The molecule has 0 saturated carbocycles. The molecule has 6 heteroatoms. The lowest BCUT2D eigenvalue weighted by molar-refractivity contribution is 0.0635. The zero-order valence-electron chi connectivity index (χ0n) is 10.3. The van der Waals surface area contributed by atoms with E-state index in [1.165, 1.54) is 19.1 Å². The van der Waals surface area contributed by atoms with Crippen LogP contribution in [0, 0.1) is 0 Å². The molecule has 0 saturated heterocycles. The summed E-state index contributed by atoms with van der Waals surface area (Å²) in [5, 5.41) is 9.76. The van der Waals surface area contributed by atoms with Crippen LogP contribution >= 0.6 is 0 Å². The lowest BCUT2D eigenvalue weighted by Crippen LogP contribution is -2.27. The Morgan fingerprint density at radius 1 is 1.24 bits per heavy atom. The first-order chi connectivity index (χ1) is 7.78. The number of rotatable bonds is 2. The van der Waals surface area contributed by atoms with E-state index >= 15 is 0 Å². The summed E-state index contributed by atoms with van der Waals surface area (Å²) < 4.78 is 5.03. The number of aromatic nitrogens is 2. The van der Waals surface area contributed by atoms with E-state index < -0.39 is 11.7 Å². The van der Waals surface area contributed by atoms with Crippen LogP contribution < -0.4 is 5.32 Å². The van der Waals surface area contributed by atoms with Crippen LogP contribution in [-0.2, 0) is 4.74 Å². The average Bonchev–Trinajstić information content (AvgIpc) is 2.15. The summed E-state index contributed by atoms with van der Waals surface area (Å²) >= 11 is 0. The highest BCUT2D eigenvalue weighted by Crippen LogP contribution is 2.09. The molecule has 17 heavy (non-hydrogen) atoms. The highest BCUT2D eigenvalue weighted by Gasteiger charge is 2.16.